The molecule has 1 heterocycles. The minimum Gasteiger partial charge on any atom is -0.363 e. The number of hydrogen-bond donors (Lipinski definition) is 2. The molecule has 1 aliphatic rings. The highest BCUT2D eigenvalue weighted by Crippen LogP contribution is 2.36. The van der Waals surface area contributed by atoms with E-state index >= 15 is 0 Å². The molecule has 0 saturated heterocycles. The molecule has 2 aromatic rings. The maximum atomic E-state index is 11.9. The fourth-order valence-electron chi connectivity index (χ4n) is 2.22. The Hall–Kier alpha value is -1.65. The number of amides is 1. The first kappa shape index (κ1) is 11.4. The van der Waals surface area contributed by atoms with E-state index in [1.54, 1.807) is 30.3 Å². The number of fused-ring (bicyclic) bond motifs is 1. The Labute approximate surface area is 113 Å². The Balaban J connectivity index is 2.23. The van der Waals surface area contributed by atoms with Crippen molar-refractivity contribution in [2.45, 2.75) is 5.72 Å². The van der Waals surface area contributed by atoms with Gasteiger partial charge in [0.1, 0.15) is 0 Å². The van der Waals surface area contributed by atoms with E-state index < -0.39 is 5.72 Å². The van der Waals surface area contributed by atoms with Crippen LogP contribution in [0.2, 0.25) is 0 Å². The van der Waals surface area contributed by atoms with E-state index in [0.29, 0.717) is 16.7 Å². The number of carbonyl (C=O) groups excluding carboxylic acids is 1. The lowest BCUT2D eigenvalue weighted by Crippen LogP contribution is -2.40. The van der Waals surface area contributed by atoms with Crippen molar-refractivity contribution in [2.24, 2.45) is 0 Å². The van der Waals surface area contributed by atoms with Gasteiger partial charge >= 0.3 is 0 Å². The molecule has 0 bridgehead atoms. The topological polar surface area (TPSA) is 49.3 Å². The number of aliphatic hydroxyl groups is 1. The molecule has 0 aliphatic carbocycles. The van der Waals surface area contributed by atoms with Crippen LogP contribution in [0.4, 0.5) is 0 Å². The van der Waals surface area contributed by atoms with E-state index in [1.807, 2.05) is 18.2 Å². The second kappa shape index (κ2) is 3.93. The normalized spacial score (nSPS) is 21.6. The summed E-state index contributed by atoms with van der Waals surface area (Å²) in [5, 5.41) is 13.4. The summed E-state index contributed by atoms with van der Waals surface area (Å²) >= 11 is 3.36. The van der Waals surface area contributed by atoms with Crippen LogP contribution >= 0.6 is 15.9 Å². The van der Waals surface area contributed by atoms with Gasteiger partial charge in [0.15, 0.2) is 5.72 Å². The summed E-state index contributed by atoms with van der Waals surface area (Å²) < 4.78 is 0.826. The largest absolute Gasteiger partial charge is 0.363 e. The van der Waals surface area contributed by atoms with Crippen LogP contribution in [0.25, 0.3) is 0 Å². The van der Waals surface area contributed by atoms with E-state index in [2.05, 4.69) is 21.2 Å². The molecule has 1 atom stereocenters. The summed E-state index contributed by atoms with van der Waals surface area (Å²) in [5.41, 5.74) is 0.283. The van der Waals surface area contributed by atoms with Crippen molar-refractivity contribution in [2.75, 3.05) is 0 Å². The van der Waals surface area contributed by atoms with Gasteiger partial charge in [-0.05, 0) is 18.2 Å². The second-order valence-electron chi connectivity index (χ2n) is 4.22. The van der Waals surface area contributed by atoms with Gasteiger partial charge in [0.2, 0.25) is 0 Å². The Kier molecular flexibility index (Phi) is 2.50. The molecule has 18 heavy (non-hydrogen) atoms. The summed E-state index contributed by atoms with van der Waals surface area (Å²) in [5.74, 6) is -0.260. The van der Waals surface area contributed by atoms with Gasteiger partial charge in [0, 0.05) is 21.2 Å². The summed E-state index contributed by atoms with van der Waals surface area (Å²) in [6.45, 7) is 0. The maximum Gasteiger partial charge on any atom is 0.254 e. The van der Waals surface area contributed by atoms with Gasteiger partial charge in [0.05, 0.1) is 0 Å². The number of benzene rings is 2. The van der Waals surface area contributed by atoms with Gasteiger partial charge in [-0.2, -0.15) is 0 Å². The summed E-state index contributed by atoms with van der Waals surface area (Å²) in [7, 11) is 0. The Morgan fingerprint density at radius 3 is 2.56 bits per heavy atom. The van der Waals surface area contributed by atoms with Gasteiger partial charge in [-0.15, -0.1) is 0 Å². The highest BCUT2D eigenvalue weighted by atomic mass is 79.9. The Bertz CT molecular complexity index is 627. The van der Waals surface area contributed by atoms with Crippen molar-refractivity contribution in [1.82, 2.24) is 5.32 Å². The summed E-state index contributed by atoms with van der Waals surface area (Å²) in [6, 6.07) is 14.4. The maximum absolute atomic E-state index is 11.9. The smallest absolute Gasteiger partial charge is 0.254 e. The quantitative estimate of drug-likeness (QED) is 0.850. The number of rotatable bonds is 1. The van der Waals surface area contributed by atoms with Crippen LogP contribution in [0.1, 0.15) is 21.5 Å². The van der Waals surface area contributed by atoms with E-state index in [4.69, 9.17) is 0 Å². The monoisotopic (exact) mass is 303 g/mol. The third kappa shape index (κ3) is 1.57. The van der Waals surface area contributed by atoms with Crippen molar-refractivity contribution >= 4 is 21.8 Å². The third-order valence-corrected chi connectivity index (χ3v) is 3.60. The van der Waals surface area contributed by atoms with Crippen molar-refractivity contribution in [1.29, 1.82) is 0 Å². The molecule has 3 nitrogen and oxygen atoms in total. The molecular weight excluding hydrogens is 294 g/mol. The molecule has 1 aliphatic heterocycles. The van der Waals surface area contributed by atoms with Gasteiger partial charge in [-0.25, -0.2) is 0 Å². The number of halogens is 1. The molecule has 2 N–H and O–H groups in total. The van der Waals surface area contributed by atoms with E-state index in [9.17, 15) is 9.90 Å². The van der Waals surface area contributed by atoms with Crippen molar-refractivity contribution in [3.8, 4) is 0 Å². The van der Waals surface area contributed by atoms with E-state index in [1.165, 1.54) is 0 Å². The molecule has 0 fully saturated rings. The van der Waals surface area contributed by atoms with Crippen LogP contribution < -0.4 is 5.32 Å². The number of nitrogens with one attached hydrogen (secondary N) is 1. The summed E-state index contributed by atoms with van der Waals surface area (Å²) in [4.78, 5) is 11.9. The molecule has 3 rings (SSSR count). The highest BCUT2D eigenvalue weighted by molar-refractivity contribution is 9.10. The van der Waals surface area contributed by atoms with Crippen molar-refractivity contribution in [3.05, 3.63) is 69.7 Å². The molecule has 0 spiro atoms. The van der Waals surface area contributed by atoms with Crippen molar-refractivity contribution in [3.63, 3.8) is 0 Å². The molecule has 0 aromatic heterocycles. The van der Waals surface area contributed by atoms with Crippen LogP contribution in [-0.2, 0) is 5.72 Å². The zero-order valence-electron chi connectivity index (χ0n) is 9.35. The predicted molar refractivity (Wildman–Crippen MR) is 71.0 cm³/mol. The van der Waals surface area contributed by atoms with Gasteiger partial charge in [0.25, 0.3) is 5.91 Å². The number of hydrogen-bond acceptors (Lipinski definition) is 2. The molecule has 2 aromatic carbocycles. The van der Waals surface area contributed by atoms with Crippen LogP contribution in [0.5, 0.6) is 0 Å². The lowest BCUT2D eigenvalue weighted by molar-refractivity contribution is 0.0476. The number of carbonyl (C=O) groups is 1. The van der Waals surface area contributed by atoms with Crippen LogP contribution in [0.15, 0.2) is 53.0 Å². The lowest BCUT2D eigenvalue weighted by atomic mass is 9.95. The van der Waals surface area contributed by atoms with Gasteiger partial charge in [-0.3, -0.25) is 4.79 Å². The first-order chi connectivity index (χ1) is 8.61. The molecule has 0 radical (unpaired) electrons. The fourth-order valence-corrected chi connectivity index (χ4v) is 2.58. The zero-order chi connectivity index (χ0) is 12.8. The predicted octanol–water partition coefficient (Wildman–Crippen LogP) is 2.39. The average Bonchev–Trinajstić information content (AvgIpc) is 2.63. The Morgan fingerprint density at radius 1 is 1.11 bits per heavy atom. The third-order valence-electron chi connectivity index (χ3n) is 3.10. The van der Waals surface area contributed by atoms with Gasteiger partial charge in [-0.1, -0.05) is 46.3 Å². The van der Waals surface area contributed by atoms with Crippen LogP contribution in [0, 0.1) is 0 Å². The first-order valence-corrected chi connectivity index (χ1v) is 6.31. The summed E-state index contributed by atoms with van der Waals surface area (Å²) in [6.07, 6.45) is 0. The molecule has 1 amide bonds. The Morgan fingerprint density at radius 2 is 1.83 bits per heavy atom. The van der Waals surface area contributed by atoms with Crippen LogP contribution in [0.3, 0.4) is 0 Å². The standard InChI is InChI=1S/C14H10BrNO2/c15-10-6-7-11-12(8-10)14(18,16-13(11)17)9-4-2-1-3-5-9/h1-8,18H,(H,16,17). The van der Waals surface area contributed by atoms with E-state index in [0.717, 1.165) is 4.47 Å². The first-order valence-electron chi connectivity index (χ1n) is 5.52. The fraction of sp³-hybridized carbons (Fsp3) is 0.0714. The SMILES string of the molecule is O=C1NC(O)(c2ccccc2)c2cc(Br)ccc21. The van der Waals surface area contributed by atoms with Crippen LogP contribution in [-0.4, -0.2) is 11.0 Å². The second-order valence-corrected chi connectivity index (χ2v) is 5.14. The average molecular weight is 304 g/mol. The molecule has 4 heteroatoms. The molecule has 0 saturated carbocycles. The molecular formula is C14H10BrNO2. The zero-order valence-corrected chi connectivity index (χ0v) is 10.9. The van der Waals surface area contributed by atoms with Gasteiger partial charge < -0.3 is 10.4 Å². The molecule has 1 unspecified atom stereocenters. The minimum atomic E-state index is -1.45. The van der Waals surface area contributed by atoms with E-state index in [-0.39, 0.29) is 5.91 Å². The molecule has 90 valence electrons. The lowest BCUT2D eigenvalue weighted by Gasteiger charge is -2.24. The minimum absolute atomic E-state index is 0.260. The van der Waals surface area contributed by atoms with Crippen molar-refractivity contribution < 1.29 is 9.90 Å². The highest BCUT2D eigenvalue weighted by Gasteiger charge is 2.42.